The molecule has 0 radical (unpaired) electrons. The molecule has 0 unspecified atom stereocenters. The zero-order valence-corrected chi connectivity index (χ0v) is 23.5. The average Bonchev–Trinajstić information content (AvgIpc) is 2.95. The average molecular weight is 583 g/mol. The van der Waals surface area contributed by atoms with Crippen molar-refractivity contribution in [3.8, 4) is 51.6 Å². The van der Waals surface area contributed by atoms with E-state index in [1.54, 1.807) is 24.3 Å². The zero-order chi connectivity index (χ0) is 30.6. The van der Waals surface area contributed by atoms with E-state index in [1.807, 2.05) is 0 Å². The highest BCUT2D eigenvalue weighted by molar-refractivity contribution is 5.86. The summed E-state index contributed by atoms with van der Waals surface area (Å²) in [6.45, 7) is 1.03. The lowest BCUT2D eigenvalue weighted by molar-refractivity contribution is -0.146. The van der Waals surface area contributed by atoms with Crippen LogP contribution in [-0.4, -0.2) is 62.4 Å². The molecule has 4 rings (SSSR count). The summed E-state index contributed by atoms with van der Waals surface area (Å²) in [7, 11) is 5.66. The fourth-order valence-electron chi connectivity index (χ4n) is 4.44. The van der Waals surface area contributed by atoms with Gasteiger partial charge in [-0.3, -0.25) is 9.59 Å². The number of esters is 1. The van der Waals surface area contributed by atoms with E-state index < -0.39 is 29.4 Å². The minimum Gasteiger partial charge on any atom is -0.508 e. The van der Waals surface area contributed by atoms with Gasteiger partial charge >= 0.3 is 5.97 Å². The largest absolute Gasteiger partial charge is 0.508 e. The number of carbonyl (C=O) groups excluding carboxylic acids is 1. The Kier molecular flexibility index (Phi) is 8.96. The molecule has 0 saturated heterocycles. The zero-order valence-electron chi connectivity index (χ0n) is 23.5. The third kappa shape index (κ3) is 6.13. The maximum atomic E-state index is 12.8. The van der Waals surface area contributed by atoms with Crippen molar-refractivity contribution in [2.75, 3.05) is 35.0 Å². The Labute approximate surface area is 240 Å². The van der Waals surface area contributed by atoms with Crippen LogP contribution in [0.4, 0.5) is 0 Å². The summed E-state index contributed by atoms with van der Waals surface area (Å²) in [5.41, 5.74) is 0.363. The lowest BCUT2D eigenvalue weighted by Gasteiger charge is -2.28. The first kappa shape index (κ1) is 29.9. The standard InChI is InChI=1S/C30H30O12/c1-15(31)40-14-27(29(39-5)16-6-7-19(33)23(8-16)36-2)42-30-25(37-3)9-17(10-26(30)38-4)22-13-21(35)28-20(34)11-18(32)12-24(28)41-22/h6-13,27,29,32-34H,14H2,1-5H3/t27-,29-/m0/s1. The molecule has 1 heterocycles. The van der Waals surface area contributed by atoms with E-state index in [0.29, 0.717) is 11.1 Å². The lowest BCUT2D eigenvalue weighted by atomic mass is 10.0. The first-order valence-corrected chi connectivity index (χ1v) is 12.6. The lowest BCUT2D eigenvalue weighted by Crippen LogP contribution is -2.32. The van der Waals surface area contributed by atoms with Crippen molar-refractivity contribution in [2.45, 2.75) is 19.1 Å². The molecule has 0 aliphatic heterocycles. The highest BCUT2D eigenvalue weighted by Crippen LogP contribution is 2.44. The van der Waals surface area contributed by atoms with Crippen LogP contribution in [-0.2, 0) is 14.3 Å². The Hall–Kier alpha value is -5.10. The molecule has 12 heteroatoms. The molecule has 0 aliphatic rings. The van der Waals surface area contributed by atoms with E-state index in [9.17, 15) is 24.9 Å². The van der Waals surface area contributed by atoms with Crippen molar-refractivity contribution in [3.63, 3.8) is 0 Å². The summed E-state index contributed by atoms with van der Waals surface area (Å²) in [6, 6.07) is 11.2. The molecule has 2 atom stereocenters. The number of hydrogen-bond acceptors (Lipinski definition) is 12. The van der Waals surface area contributed by atoms with Crippen LogP contribution in [0.5, 0.6) is 40.2 Å². The fourth-order valence-corrected chi connectivity index (χ4v) is 4.44. The number of rotatable bonds is 11. The predicted octanol–water partition coefficient (Wildman–Crippen LogP) is 4.30. The van der Waals surface area contributed by atoms with E-state index in [0.717, 1.165) is 6.07 Å². The van der Waals surface area contributed by atoms with E-state index in [2.05, 4.69) is 0 Å². The van der Waals surface area contributed by atoms with Gasteiger partial charge in [0, 0.05) is 37.8 Å². The smallest absolute Gasteiger partial charge is 0.302 e. The molecule has 0 aliphatic carbocycles. The second-order valence-corrected chi connectivity index (χ2v) is 9.07. The van der Waals surface area contributed by atoms with Gasteiger partial charge in [0.15, 0.2) is 34.5 Å². The second-order valence-electron chi connectivity index (χ2n) is 9.07. The molecule has 3 aromatic carbocycles. The maximum absolute atomic E-state index is 12.8. The molecular weight excluding hydrogens is 552 g/mol. The summed E-state index contributed by atoms with van der Waals surface area (Å²) >= 11 is 0. The van der Waals surface area contributed by atoms with E-state index in [-0.39, 0.29) is 57.8 Å². The highest BCUT2D eigenvalue weighted by Gasteiger charge is 2.30. The van der Waals surface area contributed by atoms with E-state index in [4.69, 9.17) is 32.8 Å². The molecule has 0 fully saturated rings. The Balaban J connectivity index is 1.80. The molecular formula is C30H30O12. The Morgan fingerprint density at radius 3 is 2.12 bits per heavy atom. The van der Waals surface area contributed by atoms with Gasteiger partial charge in [-0.25, -0.2) is 0 Å². The van der Waals surface area contributed by atoms with Gasteiger partial charge in [0.1, 0.15) is 40.9 Å². The number of methoxy groups -OCH3 is 4. The number of phenolic OH excluding ortho intramolecular Hbond substituents is 3. The summed E-state index contributed by atoms with van der Waals surface area (Å²) in [5, 5.41) is 30.0. The molecule has 4 aromatic rings. The topological polar surface area (TPSA) is 163 Å². The minimum absolute atomic E-state index is 0.0260. The van der Waals surface area contributed by atoms with Gasteiger partial charge in [-0.15, -0.1) is 0 Å². The third-order valence-corrected chi connectivity index (χ3v) is 6.38. The predicted molar refractivity (Wildman–Crippen MR) is 150 cm³/mol. The summed E-state index contributed by atoms with van der Waals surface area (Å²) in [5.74, 6) is -0.515. The third-order valence-electron chi connectivity index (χ3n) is 6.38. The molecule has 1 aromatic heterocycles. The van der Waals surface area contributed by atoms with Crippen LogP contribution in [0.15, 0.2) is 57.7 Å². The van der Waals surface area contributed by atoms with Crippen molar-refractivity contribution in [2.24, 2.45) is 0 Å². The number of aromatic hydroxyl groups is 3. The molecule has 42 heavy (non-hydrogen) atoms. The minimum atomic E-state index is -0.939. The van der Waals surface area contributed by atoms with Gasteiger partial charge in [-0.1, -0.05) is 6.07 Å². The fraction of sp³-hybridized carbons (Fsp3) is 0.267. The van der Waals surface area contributed by atoms with Gasteiger partial charge in [0.05, 0.1) is 21.3 Å². The van der Waals surface area contributed by atoms with Crippen LogP contribution in [0.25, 0.3) is 22.3 Å². The molecule has 0 spiro atoms. The second kappa shape index (κ2) is 12.6. The molecule has 0 bridgehead atoms. The maximum Gasteiger partial charge on any atom is 0.302 e. The van der Waals surface area contributed by atoms with Crippen molar-refractivity contribution in [3.05, 3.63) is 64.3 Å². The van der Waals surface area contributed by atoms with Gasteiger partial charge in [-0.05, 0) is 29.8 Å². The Morgan fingerprint density at radius 1 is 0.857 bits per heavy atom. The van der Waals surface area contributed by atoms with Crippen LogP contribution < -0.4 is 24.4 Å². The number of carbonyl (C=O) groups is 1. The van der Waals surface area contributed by atoms with Crippen LogP contribution in [0.3, 0.4) is 0 Å². The van der Waals surface area contributed by atoms with Crippen LogP contribution in [0.2, 0.25) is 0 Å². The number of ether oxygens (including phenoxy) is 6. The van der Waals surface area contributed by atoms with E-state index in [1.165, 1.54) is 53.6 Å². The number of benzene rings is 3. The monoisotopic (exact) mass is 582 g/mol. The van der Waals surface area contributed by atoms with Gasteiger partial charge in [0.25, 0.3) is 0 Å². The van der Waals surface area contributed by atoms with E-state index >= 15 is 0 Å². The summed E-state index contributed by atoms with van der Waals surface area (Å²) < 4.78 is 39.6. The first-order chi connectivity index (χ1) is 20.1. The summed E-state index contributed by atoms with van der Waals surface area (Å²) in [4.78, 5) is 24.5. The Morgan fingerprint density at radius 2 is 1.52 bits per heavy atom. The Bertz CT molecular complexity index is 1630. The molecule has 222 valence electrons. The van der Waals surface area contributed by atoms with Crippen molar-refractivity contribution >= 4 is 16.9 Å². The van der Waals surface area contributed by atoms with Crippen molar-refractivity contribution in [1.82, 2.24) is 0 Å². The van der Waals surface area contributed by atoms with Crippen LogP contribution in [0, 0.1) is 0 Å². The highest BCUT2D eigenvalue weighted by atomic mass is 16.6. The normalized spacial score (nSPS) is 12.4. The molecule has 12 nitrogen and oxygen atoms in total. The van der Waals surface area contributed by atoms with Gasteiger partial charge in [-0.2, -0.15) is 0 Å². The molecule has 0 saturated carbocycles. The quantitative estimate of drug-likeness (QED) is 0.215. The summed E-state index contributed by atoms with van der Waals surface area (Å²) in [6.07, 6.45) is -1.75. The SMILES string of the molecule is COc1cc([C@H](OC)[C@H](COC(C)=O)Oc2c(OC)cc(-c3cc(=O)c4c(O)cc(O)cc4o3)cc2OC)ccc1O. The number of hydrogen-bond donors (Lipinski definition) is 3. The van der Waals surface area contributed by atoms with Crippen molar-refractivity contribution in [1.29, 1.82) is 0 Å². The molecule has 3 N–H and O–H groups in total. The van der Waals surface area contributed by atoms with Crippen LogP contribution >= 0.6 is 0 Å². The molecule has 0 amide bonds. The number of fused-ring (bicyclic) bond motifs is 1. The van der Waals surface area contributed by atoms with Crippen molar-refractivity contribution < 1.29 is 53.0 Å². The van der Waals surface area contributed by atoms with Crippen LogP contribution in [0.1, 0.15) is 18.6 Å². The first-order valence-electron chi connectivity index (χ1n) is 12.6. The van der Waals surface area contributed by atoms with Gasteiger partial charge < -0.3 is 48.2 Å². The number of phenols is 3. The van der Waals surface area contributed by atoms with Gasteiger partial charge in [0.2, 0.25) is 5.75 Å².